The highest BCUT2D eigenvalue weighted by Crippen LogP contribution is 2.04. The van der Waals surface area contributed by atoms with Crippen molar-refractivity contribution in [3.63, 3.8) is 0 Å². The molecule has 0 aliphatic carbocycles. The summed E-state index contributed by atoms with van der Waals surface area (Å²) in [6.45, 7) is 15.6. The van der Waals surface area contributed by atoms with E-state index in [-0.39, 0.29) is 0 Å². The summed E-state index contributed by atoms with van der Waals surface area (Å²) in [6.07, 6.45) is 6.70. The Hall–Kier alpha value is -0.120. The van der Waals surface area contributed by atoms with E-state index in [4.69, 9.17) is 0 Å². The maximum absolute atomic E-state index is 3.67. The summed E-state index contributed by atoms with van der Waals surface area (Å²) in [7, 11) is 0. The molecule has 1 saturated heterocycles. The standard InChI is InChI=1S/C16H35N3/c1-4-6-7-8-16(3)17-9-11-19-14-12-18(10-5-2)13-15-19/h16-17H,4-15H2,1-3H3. The van der Waals surface area contributed by atoms with Gasteiger partial charge in [0.15, 0.2) is 0 Å². The van der Waals surface area contributed by atoms with Gasteiger partial charge >= 0.3 is 0 Å². The van der Waals surface area contributed by atoms with Gasteiger partial charge in [0.1, 0.15) is 0 Å². The van der Waals surface area contributed by atoms with Crippen LogP contribution in [-0.2, 0) is 0 Å². The summed E-state index contributed by atoms with van der Waals surface area (Å²) in [5.41, 5.74) is 0. The van der Waals surface area contributed by atoms with Crippen molar-refractivity contribution in [3.8, 4) is 0 Å². The summed E-state index contributed by atoms with van der Waals surface area (Å²) >= 11 is 0. The molecule has 0 spiro atoms. The fourth-order valence-electron chi connectivity index (χ4n) is 2.82. The lowest BCUT2D eigenvalue weighted by Gasteiger charge is -2.34. The van der Waals surface area contributed by atoms with Crippen molar-refractivity contribution in [1.29, 1.82) is 0 Å². The van der Waals surface area contributed by atoms with Crippen LogP contribution in [0.4, 0.5) is 0 Å². The molecule has 1 unspecified atom stereocenters. The zero-order valence-corrected chi connectivity index (χ0v) is 13.5. The Morgan fingerprint density at radius 2 is 1.53 bits per heavy atom. The molecule has 0 aromatic heterocycles. The normalized spacial score (nSPS) is 19.7. The smallest absolute Gasteiger partial charge is 0.0110 e. The minimum atomic E-state index is 0.688. The first-order valence-corrected chi connectivity index (χ1v) is 8.44. The van der Waals surface area contributed by atoms with Crippen molar-refractivity contribution in [3.05, 3.63) is 0 Å². The minimum absolute atomic E-state index is 0.688. The molecule has 0 radical (unpaired) electrons. The molecule has 3 heteroatoms. The Labute approximate surface area is 120 Å². The van der Waals surface area contributed by atoms with Crippen LogP contribution in [0.1, 0.15) is 52.9 Å². The van der Waals surface area contributed by atoms with Gasteiger partial charge in [-0.25, -0.2) is 0 Å². The van der Waals surface area contributed by atoms with Crippen molar-refractivity contribution in [2.45, 2.75) is 58.9 Å². The molecular weight excluding hydrogens is 234 g/mol. The van der Waals surface area contributed by atoms with Crippen molar-refractivity contribution >= 4 is 0 Å². The third kappa shape index (κ3) is 7.91. The van der Waals surface area contributed by atoms with E-state index in [0.29, 0.717) is 6.04 Å². The fraction of sp³-hybridized carbons (Fsp3) is 1.00. The van der Waals surface area contributed by atoms with Crippen LogP contribution in [0.25, 0.3) is 0 Å². The highest BCUT2D eigenvalue weighted by Gasteiger charge is 2.15. The predicted molar refractivity (Wildman–Crippen MR) is 84.8 cm³/mol. The van der Waals surface area contributed by atoms with Crippen LogP contribution < -0.4 is 5.32 Å². The average molecular weight is 269 g/mol. The van der Waals surface area contributed by atoms with Crippen molar-refractivity contribution < 1.29 is 0 Å². The number of nitrogens with one attached hydrogen (secondary N) is 1. The maximum Gasteiger partial charge on any atom is 0.0110 e. The zero-order chi connectivity index (χ0) is 13.9. The van der Waals surface area contributed by atoms with Gasteiger partial charge in [-0.15, -0.1) is 0 Å². The van der Waals surface area contributed by atoms with Crippen LogP contribution in [0, 0.1) is 0 Å². The van der Waals surface area contributed by atoms with E-state index < -0.39 is 0 Å². The van der Waals surface area contributed by atoms with Crippen molar-refractivity contribution in [1.82, 2.24) is 15.1 Å². The summed E-state index contributed by atoms with van der Waals surface area (Å²) < 4.78 is 0. The molecule has 1 rings (SSSR count). The summed E-state index contributed by atoms with van der Waals surface area (Å²) in [5, 5.41) is 3.67. The summed E-state index contributed by atoms with van der Waals surface area (Å²) in [4.78, 5) is 5.20. The second-order valence-corrected chi connectivity index (χ2v) is 6.03. The van der Waals surface area contributed by atoms with E-state index in [1.807, 2.05) is 0 Å². The predicted octanol–water partition coefficient (Wildman–Crippen LogP) is 2.57. The molecule has 1 aliphatic heterocycles. The molecule has 1 fully saturated rings. The molecule has 1 N–H and O–H groups in total. The van der Waals surface area contributed by atoms with Gasteiger partial charge in [0, 0.05) is 45.3 Å². The molecule has 19 heavy (non-hydrogen) atoms. The lowest BCUT2D eigenvalue weighted by molar-refractivity contribution is 0.132. The first-order chi connectivity index (χ1) is 9.26. The number of hydrogen-bond donors (Lipinski definition) is 1. The lowest BCUT2D eigenvalue weighted by atomic mass is 10.1. The molecule has 0 aromatic carbocycles. The number of piperazine rings is 1. The molecule has 0 bridgehead atoms. The van der Waals surface area contributed by atoms with Gasteiger partial charge in [0.25, 0.3) is 0 Å². The maximum atomic E-state index is 3.67. The number of hydrogen-bond acceptors (Lipinski definition) is 3. The van der Waals surface area contributed by atoms with Crippen LogP contribution in [0.2, 0.25) is 0 Å². The number of rotatable bonds is 10. The van der Waals surface area contributed by atoms with Crippen molar-refractivity contribution in [2.75, 3.05) is 45.8 Å². The van der Waals surface area contributed by atoms with Gasteiger partial charge < -0.3 is 10.2 Å². The topological polar surface area (TPSA) is 18.5 Å². The first kappa shape index (κ1) is 16.9. The van der Waals surface area contributed by atoms with Gasteiger partial charge in [-0.1, -0.05) is 33.1 Å². The molecule has 0 amide bonds. The van der Waals surface area contributed by atoms with E-state index in [1.54, 1.807) is 0 Å². The van der Waals surface area contributed by atoms with Gasteiger partial charge in [-0.3, -0.25) is 4.90 Å². The Bertz CT molecular complexity index is 200. The van der Waals surface area contributed by atoms with E-state index >= 15 is 0 Å². The summed E-state index contributed by atoms with van der Waals surface area (Å²) in [6, 6.07) is 0.688. The van der Waals surface area contributed by atoms with Gasteiger partial charge in [0.05, 0.1) is 0 Å². The summed E-state index contributed by atoms with van der Waals surface area (Å²) in [5.74, 6) is 0. The first-order valence-electron chi connectivity index (χ1n) is 8.44. The van der Waals surface area contributed by atoms with Crippen LogP contribution in [0.5, 0.6) is 0 Å². The molecule has 1 heterocycles. The minimum Gasteiger partial charge on any atom is -0.313 e. The van der Waals surface area contributed by atoms with E-state index in [0.717, 1.165) is 6.54 Å². The van der Waals surface area contributed by atoms with Crippen LogP contribution in [0.15, 0.2) is 0 Å². The lowest BCUT2D eigenvalue weighted by Crippen LogP contribution is -2.48. The third-order valence-corrected chi connectivity index (χ3v) is 4.17. The number of nitrogens with zero attached hydrogens (tertiary/aromatic N) is 2. The van der Waals surface area contributed by atoms with Crippen molar-refractivity contribution in [2.24, 2.45) is 0 Å². The van der Waals surface area contributed by atoms with Crippen LogP contribution >= 0.6 is 0 Å². The molecule has 0 aromatic rings. The Morgan fingerprint density at radius 1 is 0.895 bits per heavy atom. The highest BCUT2D eigenvalue weighted by molar-refractivity contribution is 4.72. The van der Waals surface area contributed by atoms with E-state index in [1.165, 1.54) is 71.4 Å². The second-order valence-electron chi connectivity index (χ2n) is 6.03. The zero-order valence-electron chi connectivity index (χ0n) is 13.5. The van der Waals surface area contributed by atoms with Gasteiger partial charge in [0.2, 0.25) is 0 Å². The Balaban J connectivity index is 1.98. The monoisotopic (exact) mass is 269 g/mol. The molecular formula is C16H35N3. The number of unbranched alkanes of at least 4 members (excludes halogenated alkanes) is 2. The second kappa shape index (κ2) is 10.6. The molecule has 114 valence electrons. The Morgan fingerprint density at radius 3 is 2.11 bits per heavy atom. The Kier molecular flexibility index (Phi) is 9.48. The largest absolute Gasteiger partial charge is 0.313 e. The van der Waals surface area contributed by atoms with Crippen LogP contribution in [-0.4, -0.2) is 61.7 Å². The average Bonchev–Trinajstić information content (AvgIpc) is 2.41. The molecule has 1 aliphatic rings. The van der Waals surface area contributed by atoms with E-state index in [2.05, 4.69) is 35.9 Å². The van der Waals surface area contributed by atoms with Crippen LogP contribution in [0.3, 0.4) is 0 Å². The third-order valence-electron chi connectivity index (χ3n) is 4.17. The molecule has 3 nitrogen and oxygen atoms in total. The SMILES string of the molecule is CCCCCC(C)NCCN1CCN(CCC)CC1. The quantitative estimate of drug-likeness (QED) is 0.615. The van der Waals surface area contributed by atoms with E-state index in [9.17, 15) is 0 Å². The van der Waals surface area contributed by atoms with Gasteiger partial charge in [-0.05, 0) is 26.3 Å². The highest BCUT2D eigenvalue weighted by atomic mass is 15.3. The molecule has 0 saturated carbocycles. The fourth-order valence-corrected chi connectivity index (χ4v) is 2.82. The molecule has 1 atom stereocenters. The van der Waals surface area contributed by atoms with Gasteiger partial charge in [-0.2, -0.15) is 0 Å².